The SMILES string of the molecule is CNCCN(C)S(=O)(=O)c1c(C)c(C)cc(C)c1C.Cl. The van der Waals surface area contributed by atoms with E-state index in [1.165, 1.54) is 4.31 Å². The molecule has 0 heterocycles. The van der Waals surface area contributed by atoms with Gasteiger partial charge in [0.05, 0.1) is 4.90 Å². The van der Waals surface area contributed by atoms with Crippen molar-refractivity contribution in [3.63, 3.8) is 0 Å². The Labute approximate surface area is 129 Å². The van der Waals surface area contributed by atoms with Crippen LogP contribution in [0, 0.1) is 27.7 Å². The number of likely N-dealkylation sites (N-methyl/N-ethyl adjacent to an activating group) is 2. The smallest absolute Gasteiger partial charge is 0.243 e. The van der Waals surface area contributed by atoms with Gasteiger partial charge in [-0.25, -0.2) is 8.42 Å². The molecule has 1 N–H and O–H groups in total. The van der Waals surface area contributed by atoms with Gasteiger partial charge in [-0.1, -0.05) is 6.07 Å². The molecule has 0 atom stereocenters. The number of aryl methyl sites for hydroxylation is 2. The van der Waals surface area contributed by atoms with Crippen molar-refractivity contribution in [3.8, 4) is 0 Å². The van der Waals surface area contributed by atoms with Crippen molar-refractivity contribution in [1.82, 2.24) is 9.62 Å². The maximum Gasteiger partial charge on any atom is 0.243 e. The summed E-state index contributed by atoms with van der Waals surface area (Å²) < 4.78 is 26.8. The second-order valence-corrected chi connectivity index (χ2v) is 7.00. The highest BCUT2D eigenvalue weighted by atomic mass is 35.5. The van der Waals surface area contributed by atoms with E-state index in [2.05, 4.69) is 5.32 Å². The fraction of sp³-hybridized carbons (Fsp3) is 0.571. The number of benzene rings is 1. The van der Waals surface area contributed by atoms with Gasteiger partial charge < -0.3 is 5.32 Å². The van der Waals surface area contributed by atoms with Crippen molar-refractivity contribution in [2.24, 2.45) is 0 Å². The fourth-order valence-electron chi connectivity index (χ4n) is 2.11. The Morgan fingerprint density at radius 2 is 1.55 bits per heavy atom. The summed E-state index contributed by atoms with van der Waals surface area (Å²) in [4.78, 5) is 0.462. The van der Waals surface area contributed by atoms with Gasteiger partial charge in [-0.2, -0.15) is 4.31 Å². The van der Waals surface area contributed by atoms with Crippen LogP contribution in [0.1, 0.15) is 22.3 Å². The van der Waals surface area contributed by atoms with Gasteiger partial charge in [-0.15, -0.1) is 12.4 Å². The van der Waals surface area contributed by atoms with E-state index in [0.29, 0.717) is 18.0 Å². The molecule has 116 valence electrons. The van der Waals surface area contributed by atoms with E-state index in [1.807, 2.05) is 40.8 Å². The minimum atomic E-state index is -3.42. The van der Waals surface area contributed by atoms with Crippen molar-refractivity contribution in [3.05, 3.63) is 28.3 Å². The first-order valence-electron chi connectivity index (χ1n) is 6.41. The molecule has 0 saturated heterocycles. The quantitative estimate of drug-likeness (QED) is 0.904. The van der Waals surface area contributed by atoms with Gasteiger partial charge in [0.15, 0.2) is 0 Å². The highest BCUT2D eigenvalue weighted by molar-refractivity contribution is 7.89. The molecule has 0 aliphatic carbocycles. The van der Waals surface area contributed by atoms with Crippen LogP contribution in [-0.2, 0) is 10.0 Å². The molecule has 1 aromatic rings. The first kappa shape index (κ1) is 19.4. The van der Waals surface area contributed by atoms with Gasteiger partial charge in [0.2, 0.25) is 10.0 Å². The van der Waals surface area contributed by atoms with Gasteiger partial charge in [-0.3, -0.25) is 0 Å². The third kappa shape index (κ3) is 3.73. The van der Waals surface area contributed by atoms with Crippen LogP contribution in [0.3, 0.4) is 0 Å². The van der Waals surface area contributed by atoms with Crippen molar-refractivity contribution < 1.29 is 8.42 Å². The first-order valence-corrected chi connectivity index (χ1v) is 7.85. The predicted molar refractivity (Wildman–Crippen MR) is 86.4 cm³/mol. The summed E-state index contributed by atoms with van der Waals surface area (Å²) in [5.74, 6) is 0. The predicted octanol–water partition coefficient (Wildman–Crippen LogP) is 2.18. The van der Waals surface area contributed by atoms with E-state index >= 15 is 0 Å². The van der Waals surface area contributed by atoms with Crippen molar-refractivity contribution in [2.75, 3.05) is 27.2 Å². The van der Waals surface area contributed by atoms with E-state index in [-0.39, 0.29) is 12.4 Å². The Morgan fingerprint density at radius 3 is 1.95 bits per heavy atom. The summed E-state index contributed by atoms with van der Waals surface area (Å²) in [5, 5.41) is 2.97. The highest BCUT2D eigenvalue weighted by Gasteiger charge is 2.26. The zero-order chi connectivity index (χ0) is 14.8. The monoisotopic (exact) mass is 320 g/mol. The molecule has 6 heteroatoms. The summed E-state index contributed by atoms with van der Waals surface area (Å²) >= 11 is 0. The van der Waals surface area contributed by atoms with E-state index in [1.54, 1.807) is 7.05 Å². The Kier molecular flexibility index (Phi) is 7.18. The molecule has 0 aromatic heterocycles. The van der Waals surface area contributed by atoms with Crippen LogP contribution in [0.4, 0.5) is 0 Å². The van der Waals surface area contributed by atoms with Gasteiger partial charge in [-0.05, 0) is 57.0 Å². The minimum Gasteiger partial charge on any atom is -0.318 e. The van der Waals surface area contributed by atoms with E-state index in [0.717, 1.165) is 22.3 Å². The van der Waals surface area contributed by atoms with Crippen LogP contribution >= 0.6 is 12.4 Å². The standard InChI is InChI=1S/C14H24N2O2S.ClH/c1-10-9-11(2)13(4)14(12(10)3)19(17,18)16(6)8-7-15-5;/h9,15H,7-8H2,1-6H3;1H. The lowest BCUT2D eigenvalue weighted by Gasteiger charge is -2.22. The van der Waals surface area contributed by atoms with Crippen molar-refractivity contribution in [1.29, 1.82) is 0 Å². The lowest BCUT2D eigenvalue weighted by molar-refractivity contribution is 0.465. The molecule has 0 radical (unpaired) electrons. The van der Waals surface area contributed by atoms with E-state index in [9.17, 15) is 8.42 Å². The Bertz CT molecular complexity index is 545. The van der Waals surface area contributed by atoms with Gasteiger partial charge in [0.25, 0.3) is 0 Å². The van der Waals surface area contributed by atoms with Gasteiger partial charge in [0, 0.05) is 20.1 Å². The zero-order valence-electron chi connectivity index (χ0n) is 13.1. The summed E-state index contributed by atoms with van der Waals surface area (Å²) in [7, 11) is 0.0172. The molecule has 0 unspecified atom stereocenters. The number of halogens is 1. The maximum atomic E-state index is 12.7. The number of nitrogens with zero attached hydrogens (tertiary/aromatic N) is 1. The molecule has 0 aliphatic heterocycles. The Morgan fingerprint density at radius 1 is 1.10 bits per heavy atom. The molecule has 4 nitrogen and oxygen atoms in total. The Hall–Kier alpha value is -0.620. The molecular formula is C14H25ClN2O2S. The third-order valence-electron chi connectivity index (χ3n) is 3.64. The normalized spacial score (nSPS) is 11.6. The number of rotatable bonds is 5. The van der Waals surface area contributed by atoms with Crippen molar-refractivity contribution in [2.45, 2.75) is 32.6 Å². The van der Waals surface area contributed by atoms with Crippen LogP contribution in [0.25, 0.3) is 0 Å². The molecule has 20 heavy (non-hydrogen) atoms. The molecular weight excluding hydrogens is 296 g/mol. The van der Waals surface area contributed by atoms with Crippen LogP contribution < -0.4 is 5.32 Å². The van der Waals surface area contributed by atoms with Gasteiger partial charge >= 0.3 is 0 Å². The first-order chi connectivity index (χ1) is 8.73. The van der Waals surface area contributed by atoms with Gasteiger partial charge in [0.1, 0.15) is 0 Å². The van der Waals surface area contributed by atoms with Crippen LogP contribution in [-0.4, -0.2) is 39.9 Å². The second kappa shape index (κ2) is 7.41. The summed E-state index contributed by atoms with van der Waals surface area (Å²) in [5.41, 5.74) is 3.73. The molecule has 0 aliphatic rings. The molecule has 1 aromatic carbocycles. The number of hydrogen-bond donors (Lipinski definition) is 1. The fourth-order valence-corrected chi connectivity index (χ4v) is 3.85. The average molecular weight is 321 g/mol. The van der Waals surface area contributed by atoms with Crippen LogP contribution in [0.5, 0.6) is 0 Å². The van der Waals surface area contributed by atoms with E-state index < -0.39 is 10.0 Å². The minimum absolute atomic E-state index is 0. The highest BCUT2D eigenvalue weighted by Crippen LogP contribution is 2.27. The Balaban J connectivity index is 0.00000361. The molecule has 0 saturated carbocycles. The number of nitrogens with one attached hydrogen (secondary N) is 1. The molecule has 0 spiro atoms. The molecule has 0 fully saturated rings. The lowest BCUT2D eigenvalue weighted by atomic mass is 10.0. The number of sulfonamides is 1. The summed E-state index contributed by atoms with van der Waals surface area (Å²) in [6.07, 6.45) is 0. The van der Waals surface area contributed by atoms with Crippen LogP contribution in [0.15, 0.2) is 11.0 Å². The third-order valence-corrected chi connectivity index (χ3v) is 5.77. The molecule has 1 rings (SSSR count). The van der Waals surface area contributed by atoms with Crippen LogP contribution in [0.2, 0.25) is 0 Å². The van der Waals surface area contributed by atoms with E-state index in [4.69, 9.17) is 0 Å². The second-order valence-electron chi connectivity index (χ2n) is 5.02. The number of hydrogen-bond acceptors (Lipinski definition) is 3. The largest absolute Gasteiger partial charge is 0.318 e. The van der Waals surface area contributed by atoms with Crippen molar-refractivity contribution >= 4 is 22.4 Å². The maximum absolute atomic E-state index is 12.7. The molecule has 0 bridgehead atoms. The zero-order valence-corrected chi connectivity index (χ0v) is 14.7. The summed E-state index contributed by atoms with van der Waals surface area (Å²) in [6.45, 7) is 8.76. The topological polar surface area (TPSA) is 49.4 Å². The lowest BCUT2D eigenvalue weighted by Crippen LogP contribution is -2.33. The summed E-state index contributed by atoms with van der Waals surface area (Å²) in [6, 6.07) is 2.04. The molecule has 0 amide bonds. The average Bonchev–Trinajstić information content (AvgIpc) is 2.33.